The highest BCUT2D eigenvalue weighted by atomic mass is 16.8. The molecular formula is C15H20N2O3. The molecular weight excluding hydrogens is 256 g/mol. The van der Waals surface area contributed by atoms with Crippen molar-refractivity contribution in [1.29, 1.82) is 0 Å². The Morgan fingerprint density at radius 3 is 3.05 bits per heavy atom. The largest absolute Gasteiger partial charge is 0.350 e. The Kier molecular flexibility index (Phi) is 4.18. The molecule has 108 valence electrons. The monoisotopic (exact) mass is 276 g/mol. The van der Waals surface area contributed by atoms with Crippen LogP contribution < -0.4 is 10.8 Å². The van der Waals surface area contributed by atoms with Gasteiger partial charge < -0.3 is 10.1 Å². The maximum atomic E-state index is 11.6. The van der Waals surface area contributed by atoms with E-state index in [1.807, 2.05) is 12.1 Å². The Morgan fingerprint density at radius 1 is 1.35 bits per heavy atom. The Bertz CT molecular complexity index is 472. The van der Waals surface area contributed by atoms with Crippen molar-refractivity contribution in [2.24, 2.45) is 0 Å². The van der Waals surface area contributed by atoms with Crippen molar-refractivity contribution in [2.45, 2.75) is 37.9 Å². The number of carbonyl (C=O) groups excluding carboxylic acids is 1. The summed E-state index contributed by atoms with van der Waals surface area (Å²) in [5.74, 6) is 0.419. The van der Waals surface area contributed by atoms with Gasteiger partial charge in [-0.3, -0.25) is 0 Å². The molecule has 0 aromatic heterocycles. The van der Waals surface area contributed by atoms with Crippen LogP contribution in [0.4, 0.5) is 4.79 Å². The summed E-state index contributed by atoms with van der Waals surface area (Å²) in [4.78, 5) is 16.9. The first kappa shape index (κ1) is 13.4. The standard InChI is InChI=1S/C15H20N2O3/c18-15(17-20-14-7-3-4-8-19-14)16-10-12-9-11-5-1-2-6-13(11)12/h1-2,5-6,12,14H,3-4,7-10H2,(H2,16,17,18)/t12-,14+/m0/s1. The van der Waals surface area contributed by atoms with Gasteiger partial charge in [0.2, 0.25) is 0 Å². The van der Waals surface area contributed by atoms with Crippen molar-refractivity contribution < 1.29 is 14.4 Å². The second-order valence-electron chi connectivity index (χ2n) is 5.33. The Labute approximate surface area is 118 Å². The van der Waals surface area contributed by atoms with Gasteiger partial charge in [0.15, 0.2) is 6.29 Å². The third-order valence-corrected chi connectivity index (χ3v) is 3.89. The van der Waals surface area contributed by atoms with E-state index in [2.05, 4.69) is 22.9 Å². The third kappa shape index (κ3) is 3.11. The minimum absolute atomic E-state index is 0.302. The predicted octanol–water partition coefficient (Wildman–Crippen LogP) is 2.08. The number of rotatable bonds is 4. The van der Waals surface area contributed by atoms with Crippen molar-refractivity contribution in [3.05, 3.63) is 35.4 Å². The van der Waals surface area contributed by atoms with Gasteiger partial charge in [-0.1, -0.05) is 24.3 Å². The van der Waals surface area contributed by atoms with E-state index < -0.39 is 0 Å². The van der Waals surface area contributed by atoms with Crippen molar-refractivity contribution >= 4 is 6.03 Å². The lowest BCUT2D eigenvalue weighted by atomic mass is 9.78. The van der Waals surface area contributed by atoms with Crippen molar-refractivity contribution in [3.8, 4) is 0 Å². The molecule has 1 aliphatic carbocycles. The van der Waals surface area contributed by atoms with Gasteiger partial charge in [0.25, 0.3) is 0 Å². The van der Waals surface area contributed by atoms with Crippen LogP contribution in [0, 0.1) is 0 Å². The van der Waals surface area contributed by atoms with Crippen LogP contribution in [0.15, 0.2) is 24.3 Å². The highest BCUT2D eigenvalue weighted by molar-refractivity contribution is 5.72. The van der Waals surface area contributed by atoms with Crippen LogP contribution in [-0.2, 0) is 16.0 Å². The number of hydrogen-bond donors (Lipinski definition) is 2. The van der Waals surface area contributed by atoms with Gasteiger partial charge >= 0.3 is 6.03 Å². The molecule has 0 bridgehead atoms. The van der Waals surface area contributed by atoms with Crippen LogP contribution in [-0.4, -0.2) is 25.5 Å². The molecule has 2 aliphatic rings. The molecule has 0 saturated carbocycles. The summed E-state index contributed by atoms with van der Waals surface area (Å²) >= 11 is 0. The number of urea groups is 1. The minimum atomic E-state index is -0.307. The molecule has 1 saturated heterocycles. The van der Waals surface area contributed by atoms with Gasteiger partial charge in [0, 0.05) is 25.5 Å². The van der Waals surface area contributed by atoms with E-state index in [1.165, 1.54) is 11.1 Å². The van der Waals surface area contributed by atoms with Crippen molar-refractivity contribution in [1.82, 2.24) is 10.8 Å². The number of hydroxylamine groups is 1. The lowest BCUT2D eigenvalue weighted by molar-refractivity contribution is -0.186. The number of benzene rings is 1. The smallest absolute Gasteiger partial charge is 0.338 e. The number of carbonyl (C=O) groups is 1. The van der Waals surface area contributed by atoms with Crippen LogP contribution in [0.25, 0.3) is 0 Å². The van der Waals surface area contributed by atoms with Gasteiger partial charge in [-0.2, -0.15) is 0 Å². The predicted molar refractivity (Wildman–Crippen MR) is 74.1 cm³/mol. The summed E-state index contributed by atoms with van der Waals surface area (Å²) in [7, 11) is 0. The Hall–Kier alpha value is -1.59. The van der Waals surface area contributed by atoms with E-state index in [0.717, 1.165) is 25.7 Å². The molecule has 2 N–H and O–H groups in total. The van der Waals surface area contributed by atoms with E-state index in [-0.39, 0.29) is 12.3 Å². The van der Waals surface area contributed by atoms with E-state index in [4.69, 9.17) is 9.57 Å². The molecule has 2 amide bonds. The first-order valence-electron chi connectivity index (χ1n) is 7.22. The summed E-state index contributed by atoms with van der Waals surface area (Å²) in [5, 5.41) is 2.83. The fourth-order valence-electron chi connectivity index (χ4n) is 2.72. The van der Waals surface area contributed by atoms with Crippen LogP contribution in [0.1, 0.15) is 36.3 Å². The zero-order valence-electron chi connectivity index (χ0n) is 11.4. The number of hydrogen-bond acceptors (Lipinski definition) is 3. The SMILES string of the molecule is O=C(NC[C@@H]1Cc2ccccc21)NO[C@@H]1CCCCO1. The average Bonchev–Trinajstić information content (AvgIpc) is 2.47. The van der Waals surface area contributed by atoms with Crippen molar-refractivity contribution in [3.63, 3.8) is 0 Å². The number of fused-ring (bicyclic) bond motifs is 1. The third-order valence-electron chi connectivity index (χ3n) is 3.89. The fourth-order valence-corrected chi connectivity index (χ4v) is 2.72. The van der Waals surface area contributed by atoms with E-state index in [1.54, 1.807) is 0 Å². The molecule has 2 atom stereocenters. The fraction of sp³-hybridized carbons (Fsp3) is 0.533. The zero-order chi connectivity index (χ0) is 13.8. The highest BCUT2D eigenvalue weighted by Gasteiger charge is 2.25. The lowest BCUT2D eigenvalue weighted by Crippen LogP contribution is -2.42. The molecule has 1 heterocycles. The van der Waals surface area contributed by atoms with E-state index in [0.29, 0.717) is 19.1 Å². The summed E-state index contributed by atoms with van der Waals surface area (Å²) in [6.07, 6.45) is 3.69. The van der Waals surface area contributed by atoms with Crippen LogP contribution in [0.5, 0.6) is 0 Å². The summed E-state index contributed by atoms with van der Waals surface area (Å²) < 4.78 is 5.37. The van der Waals surface area contributed by atoms with Gasteiger partial charge in [-0.25, -0.2) is 15.1 Å². The summed E-state index contributed by atoms with van der Waals surface area (Å²) in [6, 6.07) is 8.04. The van der Waals surface area contributed by atoms with Crippen LogP contribution in [0.3, 0.4) is 0 Å². The molecule has 0 spiro atoms. The zero-order valence-corrected chi connectivity index (χ0v) is 11.4. The van der Waals surface area contributed by atoms with Crippen molar-refractivity contribution in [2.75, 3.05) is 13.2 Å². The molecule has 1 aromatic carbocycles. The minimum Gasteiger partial charge on any atom is -0.350 e. The van der Waals surface area contributed by atoms with Crippen LogP contribution in [0.2, 0.25) is 0 Å². The highest BCUT2D eigenvalue weighted by Crippen LogP contribution is 2.33. The van der Waals surface area contributed by atoms with E-state index in [9.17, 15) is 4.79 Å². The molecule has 20 heavy (non-hydrogen) atoms. The van der Waals surface area contributed by atoms with Gasteiger partial charge in [0.05, 0.1) is 0 Å². The molecule has 0 radical (unpaired) electrons. The summed E-state index contributed by atoms with van der Waals surface area (Å²) in [5.41, 5.74) is 5.12. The number of ether oxygens (including phenoxy) is 1. The first-order chi connectivity index (χ1) is 9.83. The molecule has 5 nitrogen and oxygen atoms in total. The van der Waals surface area contributed by atoms with Crippen LogP contribution >= 0.6 is 0 Å². The lowest BCUT2D eigenvalue weighted by Gasteiger charge is -2.30. The molecule has 0 unspecified atom stereocenters. The quantitative estimate of drug-likeness (QED) is 0.828. The molecule has 1 aromatic rings. The molecule has 5 heteroatoms. The molecule has 1 fully saturated rings. The second-order valence-corrected chi connectivity index (χ2v) is 5.33. The Balaban J connectivity index is 1.36. The topological polar surface area (TPSA) is 59.6 Å². The maximum Gasteiger partial charge on any atom is 0.338 e. The van der Waals surface area contributed by atoms with Gasteiger partial charge in [-0.05, 0) is 30.4 Å². The van der Waals surface area contributed by atoms with Gasteiger partial charge in [-0.15, -0.1) is 0 Å². The average molecular weight is 276 g/mol. The maximum absolute atomic E-state index is 11.6. The van der Waals surface area contributed by atoms with Gasteiger partial charge in [0.1, 0.15) is 0 Å². The normalized spacial score (nSPS) is 24.4. The molecule has 3 rings (SSSR count). The summed E-state index contributed by atoms with van der Waals surface area (Å²) in [6.45, 7) is 1.34. The number of amides is 2. The van der Waals surface area contributed by atoms with E-state index >= 15 is 0 Å². The Morgan fingerprint density at radius 2 is 2.25 bits per heavy atom. The molecule has 1 aliphatic heterocycles. The first-order valence-corrected chi connectivity index (χ1v) is 7.22. The number of nitrogens with one attached hydrogen (secondary N) is 2. The second kappa shape index (κ2) is 6.24.